The van der Waals surface area contributed by atoms with Gasteiger partial charge in [-0.2, -0.15) is 13.2 Å². The van der Waals surface area contributed by atoms with Crippen molar-refractivity contribution in [3.63, 3.8) is 0 Å². The van der Waals surface area contributed by atoms with E-state index in [4.69, 9.17) is 0 Å². The zero-order valence-electron chi connectivity index (χ0n) is 6.07. The van der Waals surface area contributed by atoms with Crippen LogP contribution in [0.2, 0.25) is 0 Å². The maximum atomic E-state index is 11.4. The standard InChI is InChI=1S/C5H10F3NOS/c1-11(10)3-2-9-4-5(6,7)8/h9H,2-4H2,1H3. The smallest absolute Gasteiger partial charge is 0.308 e. The van der Waals surface area contributed by atoms with Crippen LogP contribution in [0.1, 0.15) is 0 Å². The van der Waals surface area contributed by atoms with E-state index >= 15 is 0 Å². The molecule has 0 heterocycles. The van der Waals surface area contributed by atoms with Gasteiger partial charge in [-0.05, 0) is 0 Å². The molecule has 0 spiro atoms. The summed E-state index contributed by atoms with van der Waals surface area (Å²) in [6.45, 7) is -0.868. The topological polar surface area (TPSA) is 29.1 Å². The monoisotopic (exact) mass is 189 g/mol. The third-order valence-corrected chi connectivity index (χ3v) is 1.67. The normalized spacial score (nSPS) is 14.9. The highest BCUT2D eigenvalue weighted by molar-refractivity contribution is 7.84. The molecule has 0 saturated carbocycles. The second kappa shape index (κ2) is 4.71. The van der Waals surface area contributed by atoms with Crippen LogP contribution < -0.4 is 5.32 Å². The molecule has 0 saturated heterocycles. The fraction of sp³-hybridized carbons (Fsp3) is 1.00. The van der Waals surface area contributed by atoms with Gasteiger partial charge < -0.3 is 5.32 Å². The van der Waals surface area contributed by atoms with Crippen molar-refractivity contribution >= 4 is 10.8 Å². The van der Waals surface area contributed by atoms with Gasteiger partial charge >= 0.3 is 6.18 Å². The lowest BCUT2D eigenvalue weighted by atomic mass is 10.6. The lowest BCUT2D eigenvalue weighted by Gasteiger charge is -2.06. The molecule has 1 unspecified atom stereocenters. The average molecular weight is 189 g/mol. The molecule has 0 aliphatic carbocycles. The van der Waals surface area contributed by atoms with E-state index < -0.39 is 23.5 Å². The third kappa shape index (κ3) is 9.90. The molecule has 0 rings (SSSR count). The maximum Gasteiger partial charge on any atom is 0.401 e. The van der Waals surface area contributed by atoms with Crippen LogP contribution in [0.4, 0.5) is 13.2 Å². The summed E-state index contributed by atoms with van der Waals surface area (Å²) in [6.07, 6.45) is -2.72. The number of nitrogens with one attached hydrogen (secondary N) is 1. The second-order valence-corrected chi connectivity index (χ2v) is 3.62. The maximum absolute atomic E-state index is 11.4. The first-order valence-electron chi connectivity index (χ1n) is 2.99. The zero-order chi connectivity index (χ0) is 8.91. The Labute approximate surface area is 65.6 Å². The van der Waals surface area contributed by atoms with Crippen molar-refractivity contribution in [3.8, 4) is 0 Å². The quantitative estimate of drug-likeness (QED) is 0.653. The van der Waals surface area contributed by atoms with E-state index in [2.05, 4.69) is 5.32 Å². The highest BCUT2D eigenvalue weighted by atomic mass is 32.2. The van der Waals surface area contributed by atoms with Crippen molar-refractivity contribution in [2.75, 3.05) is 25.1 Å². The first kappa shape index (κ1) is 10.9. The van der Waals surface area contributed by atoms with Crippen LogP contribution in [0.15, 0.2) is 0 Å². The molecule has 0 fully saturated rings. The van der Waals surface area contributed by atoms with Crippen molar-refractivity contribution in [2.45, 2.75) is 6.18 Å². The number of hydrogen-bond acceptors (Lipinski definition) is 2. The summed E-state index contributed by atoms with van der Waals surface area (Å²) in [6, 6.07) is 0. The zero-order valence-corrected chi connectivity index (χ0v) is 6.89. The number of hydrogen-bond donors (Lipinski definition) is 1. The lowest BCUT2D eigenvalue weighted by Crippen LogP contribution is -2.31. The summed E-state index contributed by atoms with van der Waals surface area (Å²) in [7, 11) is -1.02. The van der Waals surface area contributed by atoms with Crippen LogP contribution in [0.3, 0.4) is 0 Å². The van der Waals surface area contributed by atoms with Gasteiger partial charge in [0.25, 0.3) is 0 Å². The Kier molecular flexibility index (Phi) is 4.67. The molecule has 6 heteroatoms. The Morgan fingerprint density at radius 1 is 1.45 bits per heavy atom. The molecule has 0 amide bonds. The van der Waals surface area contributed by atoms with Gasteiger partial charge in [0.05, 0.1) is 6.54 Å². The van der Waals surface area contributed by atoms with Crippen LogP contribution in [0.5, 0.6) is 0 Å². The predicted molar refractivity (Wildman–Crippen MR) is 37.9 cm³/mol. The minimum Gasteiger partial charge on any atom is -0.308 e. The molecule has 0 aromatic carbocycles. The van der Waals surface area contributed by atoms with Gasteiger partial charge in [-0.25, -0.2) is 0 Å². The van der Waals surface area contributed by atoms with Gasteiger partial charge in [-0.3, -0.25) is 4.21 Å². The summed E-state index contributed by atoms with van der Waals surface area (Å²) in [4.78, 5) is 0. The number of rotatable bonds is 4. The van der Waals surface area contributed by atoms with Gasteiger partial charge in [0.2, 0.25) is 0 Å². The van der Waals surface area contributed by atoms with E-state index in [9.17, 15) is 17.4 Å². The van der Waals surface area contributed by atoms with E-state index in [1.54, 1.807) is 0 Å². The van der Waals surface area contributed by atoms with Crippen molar-refractivity contribution in [1.82, 2.24) is 5.32 Å². The van der Waals surface area contributed by atoms with Crippen molar-refractivity contribution in [2.24, 2.45) is 0 Å². The molecular formula is C5H10F3NOS. The molecule has 11 heavy (non-hydrogen) atoms. The van der Waals surface area contributed by atoms with E-state index in [1.165, 1.54) is 6.26 Å². The molecule has 0 radical (unpaired) electrons. The minimum absolute atomic E-state index is 0.141. The summed E-state index contributed by atoms with van der Waals surface area (Å²) in [5, 5.41) is 2.14. The van der Waals surface area contributed by atoms with Gasteiger partial charge in [-0.15, -0.1) is 0 Å². The molecule has 0 bridgehead atoms. The van der Waals surface area contributed by atoms with E-state index in [0.717, 1.165) is 0 Å². The van der Waals surface area contributed by atoms with Gasteiger partial charge in [0, 0.05) is 29.4 Å². The van der Waals surface area contributed by atoms with Gasteiger partial charge in [-0.1, -0.05) is 0 Å². The summed E-state index contributed by atoms with van der Waals surface area (Å²) in [5.41, 5.74) is 0. The first-order valence-corrected chi connectivity index (χ1v) is 4.72. The Morgan fingerprint density at radius 2 is 2.00 bits per heavy atom. The predicted octanol–water partition coefficient (Wildman–Crippen LogP) is 0.517. The Hall–Kier alpha value is -0.100. The second-order valence-electron chi connectivity index (χ2n) is 2.07. The number of alkyl halides is 3. The fourth-order valence-electron chi connectivity index (χ4n) is 0.446. The van der Waals surface area contributed by atoms with Crippen LogP contribution in [-0.2, 0) is 10.8 Å². The fourth-order valence-corrected chi connectivity index (χ4v) is 0.878. The van der Waals surface area contributed by atoms with Crippen LogP contribution in [0.25, 0.3) is 0 Å². The van der Waals surface area contributed by atoms with Gasteiger partial charge in [0.15, 0.2) is 0 Å². The van der Waals surface area contributed by atoms with Crippen molar-refractivity contribution in [1.29, 1.82) is 0 Å². The molecular weight excluding hydrogens is 179 g/mol. The van der Waals surface area contributed by atoms with E-state index in [0.29, 0.717) is 0 Å². The molecule has 1 N–H and O–H groups in total. The molecule has 2 nitrogen and oxygen atoms in total. The number of halogens is 3. The molecule has 68 valence electrons. The summed E-state index contributed by atoms with van der Waals surface area (Å²) >= 11 is 0. The highest BCUT2D eigenvalue weighted by Gasteiger charge is 2.25. The molecule has 0 aromatic heterocycles. The average Bonchev–Trinajstić information content (AvgIpc) is 1.78. The van der Waals surface area contributed by atoms with Crippen LogP contribution in [-0.4, -0.2) is 35.5 Å². The first-order chi connectivity index (χ1) is 4.92. The van der Waals surface area contributed by atoms with E-state index in [-0.39, 0.29) is 12.3 Å². The summed E-state index contributed by atoms with van der Waals surface area (Å²) < 4.78 is 44.7. The van der Waals surface area contributed by atoms with Gasteiger partial charge in [0.1, 0.15) is 0 Å². The Bertz CT molecular complexity index is 136. The molecule has 0 aromatic rings. The molecule has 0 aliphatic heterocycles. The highest BCUT2D eigenvalue weighted by Crippen LogP contribution is 2.11. The van der Waals surface area contributed by atoms with Crippen LogP contribution >= 0.6 is 0 Å². The van der Waals surface area contributed by atoms with E-state index in [1.807, 2.05) is 0 Å². The van der Waals surface area contributed by atoms with Crippen molar-refractivity contribution in [3.05, 3.63) is 0 Å². The minimum atomic E-state index is -4.17. The molecule has 1 atom stereocenters. The summed E-state index contributed by atoms with van der Waals surface area (Å²) in [5.74, 6) is 0.260. The Morgan fingerprint density at radius 3 is 2.36 bits per heavy atom. The SMILES string of the molecule is CS(=O)CCNCC(F)(F)F. The van der Waals surface area contributed by atoms with Crippen molar-refractivity contribution < 1.29 is 17.4 Å². The molecule has 0 aliphatic rings. The largest absolute Gasteiger partial charge is 0.401 e. The third-order valence-electron chi connectivity index (χ3n) is 0.892. The Balaban J connectivity index is 3.22. The lowest BCUT2D eigenvalue weighted by molar-refractivity contribution is -0.124. The van der Waals surface area contributed by atoms with Crippen LogP contribution in [0, 0.1) is 0 Å².